The second-order valence-electron chi connectivity index (χ2n) is 4.58. The molecule has 0 atom stereocenters. The van der Waals surface area contributed by atoms with Crippen LogP contribution < -0.4 is 0 Å². The third kappa shape index (κ3) is 2.84. The van der Waals surface area contributed by atoms with E-state index in [0.717, 1.165) is 17.7 Å². The summed E-state index contributed by atoms with van der Waals surface area (Å²) in [5.41, 5.74) is 0. The van der Waals surface area contributed by atoms with Gasteiger partial charge < -0.3 is 0 Å². The van der Waals surface area contributed by atoms with Crippen LogP contribution in [-0.4, -0.2) is 25.8 Å². The number of rotatable bonds is 2. The highest BCUT2D eigenvalue weighted by Crippen LogP contribution is 2.23. The van der Waals surface area contributed by atoms with Gasteiger partial charge in [-0.05, 0) is 43.0 Å². The molecular weight excluding hydrogens is 254 g/mol. The van der Waals surface area contributed by atoms with E-state index in [1.165, 1.54) is 0 Å². The van der Waals surface area contributed by atoms with Crippen LogP contribution in [0.15, 0.2) is 34.1 Å². The van der Waals surface area contributed by atoms with Gasteiger partial charge >= 0.3 is 0 Å². The highest BCUT2D eigenvalue weighted by Gasteiger charge is 2.27. The standard InChI is InChI=1S/C12H17NO2S2/c1-10-6-8-13(9-7-10)17(14,15)12-4-2-11(16)3-5-12/h2-5,10,16H,6-9H2,1H3. The average molecular weight is 271 g/mol. The Morgan fingerprint density at radius 3 is 2.24 bits per heavy atom. The smallest absolute Gasteiger partial charge is 0.207 e. The molecule has 0 spiro atoms. The Labute approximate surface area is 108 Å². The van der Waals surface area contributed by atoms with Gasteiger partial charge in [-0.15, -0.1) is 12.6 Å². The van der Waals surface area contributed by atoms with Crippen LogP contribution in [0.5, 0.6) is 0 Å². The molecule has 5 heteroatoms. The van der Waals surface area contributed by atoms with E-state index >= 15 is 0 Å². The fourth-order valence-corrected chi connectivity index (χ4v) is 3.61. The van der Waals surface area contributed by atoms with Crippen molar-refractivity contribution in [2.24, 2.45) is 5.92 Å². The quantitative estimate of drug-likeness (QED) is 0.839. The zero-order valence-electron chi connectivity index (χ0n) is 9.83. The molecule has 0 unspecified atom stereocenters. The van der Waals surface area contributed by atoms with Gasteiger partial charge in [0.2, 0.25) is 10.0 Å². The summed E-state index contributed by atoms with van der Waals surface area (Å²) >= 11 is 4.16. The zero-order chi connectivity index (χ0) is 12.5. The van der Waals surface area contributed by atoms with Gasteiger partial charge in [0, 0.05) is 18.0 Å². The van der Waals surface area contributed by atoms with Crippen LogP contribution in [0.2, 0.25) is 0 Å². The van der Waals surface area contributed by atoms with Gasteiger partial charge in [0.1, 0.15) is 0 Å². The average Bonchev–Trinajstić information content (AvgIpc) is 2.30. The van der Waals surface area contributed by atoms with Gasteiger partial charge in [-0.25, -0.2) is 8.42 Å². The molecule has 0 N–H and O–H groups in total. The fourth-order valence-electron chi connectivity index (χ4n) is 1.99. The molecule has 0 aromatic heterocycles. The lowest BCUT2D eigenvalue weighted by molar-refractivity contribution is 0.288. The maximum atomic E-state index is 12.3. The first kappa shape index (κ1) is 12.9. The van der Waals surface area contributed by atoms with E-state index in [1.807, 2.05) is 0 Å². The highest BCUT2D eigenvalue weighted by molar-refractivity contribution is 7.89. The Balaban J connectivity index is 2.21. The van der Waals surface area contributed by atoms with E-state index in [-0.39, 0.29) is 0 Å². The normalized spacial score (nSPS) is 19.4. The summed E-state index contributed by atoms with van der Waals surface area (Å²) < 4.78 is 26.2. The van der Waals surface area contributed by atoms with Gasteiger partial charge in [0.15, 0.2) is 0 Å². The minimum Gasteiger partial charge on any atom is -0.207 e. The van der Waals surface area contributed by atoms with E-state index in [0.29, 0.717) is 23.9 Å². The topological polar surface area (TPSA) is 37.4 Å². The van der Waals surface area contributed by atoms with Crippen molar-refractivity contribution >= 4 is 22.7 Å². The Hall–Kier alpha value is -0.520. The molecule has 1 aromatic rings. The van der Waals surface area contributed by atoms with Crippen molar-refractivity contribution in [3.05, 3.63) is 24.3 Å². The second-order valence-corrected chi connectivity index (χ2v) is 7.03. The summed E-state index contributed by atoms with van der Waals surface area (Å²) in [6.45, 7) is 3.43. The zero-order valence-corrected chi connectivity index (χ0v) is 11.5. The van der Waals surface area contributed by atoms with Gasteiger partial charge in [-0.3, -0.25) is 0 Å². The van der Waals surface area contributed by atoms with Crippen molar-refractivity contribution in [1.82, 2.24) is 4.31 Å². The van der Waals surface area contributed by atoms with E-state index in [9.17, 15) is 8.42 Å². The first-order valence-electron chi connectivity index (χ1n) is 5.79. The molecule has 0 radical (unpaired) electrons. The molecule has 3 nitrogen and oxygen atoms in total. The van der Waals surface area contributed by atoms with Crippen LogP contribution >= 0.6 is 12.6 Å². The third-order valence-electron chi connectivity index (χ3n) is 3.22. The van der Waals surface area contributed by atoms with Crippen molar-refractivity contribution in [2.75, 3.05) is 13.1 Å². The monoisotopic (exact) mass is 271 g/mol. The maximum absolute atomic E-state index is 12.3. The van der Waals surface area contributed by atoms with Crippen molar-refractivity contribution < 1.29 is 8.42 Å². The minimum absolute atomic E-state index is 0.366. The van der Waals surface area contributed by atoms with Crippen molar-refractivity contribution in [2.45, 2.75) is 29.6 Å². The Kier molecular flexibility index (Phi) is 3.80. The Morgan fingerprint density at radius 1 is 1.18 bits per heavy atom. The second kappa shape index (κ2) is 5.00. The molecule has 94 valence electrons. The molecule has 0 saturated carbocycles. The molecule has 2 rings (SSSR count). The molecule has 17 heavy (non-hydrogen) atoms. The molecule has 1 fully saturated rings. The van der Waals surface area contributed by atoms with Crippen molar-refractivity contribution in [3.63, 3.8) is 0 Å². The van der Waals surface area contributed by atoms with Gasteiger partial charge in [0.25, 0.3) is 0 Å². The molecule has 1 heterocycles. The summed E-state index contributed by atoms with van der Waals surface area (Å²) in [4.78, 5) is 1.14. The summed E-state index contributed by atoms with van der Waals surface area (Å²) in [6.07, 6.45) is 1.90. The number of piperidine rings is 1. The molecule has 1 aliphatic heterocycles. The molecule has 1 aromatic carbocycles. The Bertz CT molecular complexity index is 474. The third-order valence-corrected chi connectivity index (χ3v) is 5.43. The lowest BCUT2D eigenvalue weighted by atomic mass is 10.0. The van der Waals surface area contributed by atoms with E-state index in [2.05, 4.69) is 19.6 Å². The summed E-state index contributed by atoms with van der Waals surface area (Å²) in [6, 6.07) is 6.66. The largest absolute Gasteiger partial charge is 0.243 e. The van der Waals surface area contributed by atoms with E-state index in [4.69, 9.17) is 0 Å². The molecule has 0 bridgehead atoms. The molecular formula is C12H17NO2S2. The first-order valence-corrected chi connectivity index (χ1v) is 7.68. The van der Waals surface area contributed by atoms with Crippen LogP contribution in [0.3, 0.4) is 0 Å². The number of nitrogens with zero attached hydrogens (tertiary/aromatic N) is 1. The summed E-state index contributed by atoms with van der Waals surface area (Å²) in [5, 5.41) is 0. The van der Waals surface area contributed by atoms with Gasteiger partial charge in [-0.2, -0.15) is 4.31 Å². The summed E-state index contributed by atoms with van der Waals surface area (Å²) in [7, 11) is -3.30. The minimum atomic E-state index is -3.30. The van der Waals surface area contributed by atoms with E-state index < -0.39 is 10.0 Å². The number of hydrogen-bond donors (Lipinski definition) is 1. The molecule has 1 aliphatic rings. The fraction of sp³-hybridized carbons (Fsp3) is 0.500. The van der Waals surface area contributed by atoms with Crippen LogP contribution in [-0.2, 0) is 10.0 Å². The van der Waals surface area contributed by atoms with Crippen molar-refractivity contribution in [1.29, 1.82) is 0 Å². The lowest BCUT2D eigenvalue weighted by Gasteiger charge is -2.29. The first-order chi connectivity index (χ1) is 8.00. The van der Waals surface area contributed by atoms with Gasteiger partial charge in [-0.1, -0.05) is 6.92 Å². The Morgan fingerprint density at radius 2 is 1.71 bits per heavy atom. The molecule has 0 aliphatic carbocycles. The summed E-state index contributed by atoms with van der Waals surface area (Å²) in [5.74, 6) is 0.626. The predicted molar refractivity (Wildman–Crippen MR) is 70.9 cm³/mol. The molecule has 1 saturated heterocycles. The lowest BCUT2D eigenvalue weighted by Crippen LogP contribution is -2.37. The number of thiol groups is 1. The number of sulfonamides is 1. The van der Waals surface area contributed by atoms with Crippen LogP contribution in [0, 0.1) is 5.92 Å². The van der Waals surface area contributed by atoms with Crippen LogP contribution in [0.4, 0.5) is 0 Å². The number of hydrogen-bond acceptors (Lipinski definition) is 3. The van der Waals surface area contributed by atoms with Gasteiger partial charge in [0.05, 0.1) is 4.90 Å². The highest BCUT2D eigenvalue weighted by atomic mass is 32.2. The predicted octanol–water partition coefficient (Wildman–Crippen LogP) is 2.40. The van der Waals surface area contributed by atoms with E-state index in [1.54, 1.807) is 28.6 Å². The van der Waals surface area contributed by atoms with Crippen molar-refractivity contribution in [3.8, 4) is 0 Å². The molecule has 0 amide bonds. The maximum Gasteiger partial charge on any atom is 0.243 e. The van der Waals surface area contributed by atoms with Crippen LogP contribution in [0.1, 0.15) is 19.8 Å². The van der Waals surface area contributed by atoms with Crippen LogP contribution in [0.25, 0.3) is 0 Å². The number of benzene rings is 1. The SMILES string of the molecule is CC1CCN(S(=O)(=O)c2ccc(S)cc2)CC1.